The third-order valence-electron chi connectivity index (χ3n) is 2.54. The summed E-state index contributed by atoms with van der Waals surface area (Å²) in [6.45, 7) is 2.03. The molecule has 1 rings (SSSR count). The Kier molecular flexibility index (Phi) is 5.91. The minimum atomic E-state index is -0.285. The summed E-state index contributed by atoms with van der Waals surface area (Å²) in [5.74, 6) is 0.770. The highest BCUT2D eigenvalue weighted by atomic mass is 32.2. The van der Waals surface area contributed by atoms with Crippen molar-refractivity contribution in [2.75, 3.05) is 17.3 Å². The van der Waals surface area contributed by atoms with Crippen molar-refractivity contribution in [2.45, 2.75) is 25.8 Å². The first-order valence-electron chi connectivity index (χ1n) is 5.75. The van der Waals surface area contributed by atoms with E-state index in [2.05, 4.69) is 11.6 Å². The summed E-state index contributed by atoms with van der Waals surface area (Å²) < 4.78 is 0. The van der Waals surface area contributed by atoms with Gasteiger partial charge in [0.05, 0.1) is 0 Å². The zero-order chi connectivity index (χ0) is 12.7. The second kappa shape index (κ2) is 7.22. The van der Waals surface area contributed by atoms with E-state index in [0.717, 1.165) is 24.3 Å². The van der Waals surface area contributed by atoms with E-state index < -0.39 is 0 Å². The molecule has 0 spiro atoms. The predicted octanol–water partition coefficient (Wildman–Crippen LogP) is 2.40. The van der Waals surface area contributed by atoms with Gasteiger partial charge in [0.25, 0.3) is 0 Å². The number of amides is 1. The number of anilines is 1. The summed E-state index contributed by atoms with van der Waals surface area (Å²) in [4.78, 5) is 11.3. The lowest BCUT2D eigenvalue weighted by Gasteiger charge is -2.16. The molecule has 0 saturated heterocycles. The van der Waals surface area contributed by atoms with E-state index in [1.165, 1.54) is 5.56 Å². The fraction of sp³-hybridized carbons (Fsp3) is 0.462. The summed E-state index contributed by atoms with van der Waals surface area (Å²) in [5, 5.41) is 3.19. The lowest BCUT2D eigenvalue weighted by molar-refractivity contribution is -0.118. The highest BCUT2D eigenvalue weighted by Gasteiger charge is 2.14. The topological polar surface area (TPSA) is 55.1 Å². The summed E-state index contributed by atoms with van der Waals surface area (Å²) in [6.07, 6.45) is 3.84. The average molecular weight is 252 g/mol. The highest BCUT2D eigenvalue weighted by Crippen LogP contribution is 2.13. The van der Waals surface area contributed by atoms with E-state index in [1.807, 2.05) is 31.2 Å². The Hall–Kier alpha value is -1.16. The fourth-order valence-electron chi connectivity index (χ4n) is 1.65. The molecule has 0 aliphatic rings. The Bertz CT molecular complexity index is 368. The molecule has 1 aromatic carbocycles. The molecule has 0 aromatic heterocycles. The van der Waals surface area contributed by atoms with Crippen LogP contribution in [-0.4, -0.2) is 24.0 Å². The number of benzene rings is 1. The van der Waals surface area contributed by atoms with Crippen molar-refractivity contribution < 1.29 is 4.79 Å². The molecule has 94 valence electrons. The van der Waals surface area contributed by atoms with Gasteiger partial charge in [-0.05, 0) is 49.5 Å². The third kappa shape index (κ3) is 5.13. The van der Waals surface area contributed by atoms with Crippen molar-refractivity contribution in [1.29, 1.82) is 0 Å². The van der Waals surface area contributed by atoms with Gasteiger partial charge in [-0.25, -0.2) is 0 Å². The van der Waals surface area contributed by atoms with Crippen molar-refractivity contribution in [2.24, 2.45) is 5.73 Å². The predicted molar refractivity (Wildman–Crippen MR) is 75.4 cm³/mol. The van der Waals surface area contributed by atoms with Gasteiger partial charge in [-0.15, -0.1) is 0 Å². The molecule has 1 atom stereocenters. The van der Waals surface area contributed by atoms with Crippen LogP contribution in [0, 0.1) is 6.92 Å². The maximum atomic E-state index is 11.3. The van der Waals surface area contributed by atoms with Crippen LogP contribution in [0.2, 0.25) is 0 Å². The zero-order valence-corrected chi connectivity index (χ0v) is 11.2. The SMILES string of the molecule is CSCCCC(Nc1cccc(C)c1)C(N)=O. The van der Waals surface area contributed by atoms with Gasteiger partial charge < -0.3 is 11.1 Å². The standard InChI is InChI=1S/C13H20N2OS/c1-10-5-3-6-11(9-10)15-12(13(14)16)7-4-8-17-2/h3,5-6,9,12,15H,4,7-8H2,1-2H3,(H2,14,16). The Balaban J connectivity index is 2.57. The van der Waals surface area contributed by atoms with Crippen LogP contribution in [0.1, 0.15) is 18.4 Å². The van der Waals surface area contributed by atoms with Crippen LogP contribution in [0.5, 0.6) is 0 Å². The molecular formula is C13H20N2OS. The van der Waals surface area contributed by atoms with Gasteiger partial charge in [0.15, 0.2) is 0 Å². The van der Waals surface area contributed by atoms with E-state index in [9.17, 15) is 4.79 Å². The molecule has 0 heterocycles. The summed E-state index contributed by atoms with van der Waals surface area (Å²) in [7, 11) is 0. The lowest BCUT2D eigenvalue weighted by atomic mass is 10.1. The summed E-state index contributed by atoms with van der Waals surface area (Å²) in [6, 6.07) is 7.70. The molecule has 0 saturated carbocycles. The van der Waals surface area contributed by atoms with Gasteiger partial charge >= 0.3 is 0 Å². The number of nitrogens with two attached hydrogens (primary N) is 1. The first kappa shape index (κ1) is 13.9. The molecule has 0 aliphatic carbocycles. The lowest BCUT2D eigenvalue weighted by Crippen LogP contribution is -2.35. The Morgan fingerprint density at radius 1 is 1.53 bits per heavy atom. The van der Waals surface area contributed by atoms with Crippen LogP contribution in [0.25, 0.3) is 0 Å². The van der Waals surface area contributed by atoms with Crippen molar-refractivity contribution in [3.05, 3.63) is 29.8 Å². The van der Waals surface area contributed by atoms with Gasteiger partial charge in [0.2, 0.25) is 5.91 Å². The van der Waals surface area contributed by atoms with Crippen molar-refractivity contribution >= 4 is 23.4 Å². The molecule has 1 aromatic rings. The fourth-order valence-corrected chi connectivity index (χ4v) is 2.11. The van der Waals surface area contributed by atoms with Crippen LogP contribution in [0.3, 0.4) is 0 Å². The number of aryl methyl sites for hydroxylation is 1. The van der Waals surface area contributed by atoms with Crippen LogP contribution in [0.15, 0.2) is 24.3 Å². The molecule has 0 radical (unpaired) electrons. The molecule has 4 heteroatoms. The van der Waals surface area contributed by atoms with Gasteiger partial charge in [-0.3, -0.25) is 4.79 Å². The van der Waals surface area contributed by atoms with E-state index in [4.69, 9.17) is 5.73 Å². The number of nitrogens with one attached hydrogen (secondary N) is 1. The molecular weight excluding hydrogens is 232 g/mol. The molecule has 1 amide bonds. The maximum absolute atomic E-state index is 11.3. The normalized spacial score (nSPS) is 12.1. The molecule has 3 nitrogen and oxygen atoms in total. The number of hydrogen-bond acceptors (Lipinski definition) is 3. The second-order valence-corrected chi connectivity index (χ2v) is 5.09. The summed E-state index contributed by atoms with van der Waals surface area (Å²) in [5.41, 5.74) is 7.52. The van der Waals surface area contributed by atoms with Crippen molar-refractivity contribution in [1.82, 2.24) is 0 Å². The van der Waals surface area contributed by atoms with Gasteiger partial charge in [-0.1, -0.05) is 12.1 Å². The van der Waals surface area contributed by atoms with E-state index in [0.29, 0.717) is 0 Å². The second-order valence-electron chi connectivity index (χ2n) is 4.10. The van der Waals surface area contributed by atoms with Crippen molar-refractivity contribution in [3.63, 3.8) is 0 Å². The Labute approximate surface area is 107 Å². The molecule has 3 N–H and O–H groups in total. The molecule has 0 bridgehead atoms. The molecule has 0 aliphatic heterocycles. The number of primary amides is 1. The smallest absolute Gasteiger partial charge is 0.239 e. The number of carbonyl (C=O) groups is 1. The monoisotopic (exact) mass is 252 g/mol. The van der Waals surface area contributed by atoms with E-state index in [1.54, 1.807) is 11.8 Å². The highest BCUT2D eigenvalue weighted by molar-refractivity contribution is 7.98. The van der Waals surface area contributed by atoms with E-state index in [-0.39, 0.29) is 11.9 Å². The van der Waals surface area contributed by atoms with Gasteiger partial charge in [0, 0.05) is 5.69 Å². The van der Waals surface area contributed by atoms with Gasteiger partial charge in [-0.2, -0.15) is 11.8 Å². The average Bonchev–Trinajstić information content (AvgIpc) is 2.28. The summed E-state index contributed by atoms with van der Waals surface area (Å²) >= 11 is 1.78. The largest absolute Gasteiger partial charge is 0.374 e. The molecule has 0 fully saturated rings. The van der Waals surface area contributed by atoms with E-state index >= 15 is 0 Å². The minimum Gasteiger partial charge on any atom is -0.374 e. The minimum absolute atomic E-state index is 0.274. The van der Waals surface area contributed by atoms with Crippen LogP contribution >= 0.6 is 11.8 Å². The number of hydrogen-bond donors (Lipinski definition) is 2. The Morgan fingerprint density at radius 2 is 2.29 bits per heavy atom. The third-order valence-corrected chi connectivity index (χ3v) is 3.24. The zero-order valence-electron chi connectivity index (χ0n) is 10.4. The number of thioether (sulfide) groups is 1. The number of carbonyl (C=O) groups excluding carboxylic acids is 1. The van der Waals surface area contributed by atoms with Crippen LogP contribution < -0.4 is 11.1 Å². The van der Waals surface area contributed by atoms with Crippen molar-refractivity contribution in [3.8, 4) is 0 Å². The number of rotatable bonds is 7. The first-order chi connectivity index (χ1) is 8.13. The van der Waals surface area contributed by atoms with Gasteiger partial charge in [0.1, 0.15) is 6.04 Å². The maximum Gasteiger partial charge on any atom is 0.239 e. The molecule has 17 heavy (non-hydrogen) atoms. The molecule has 1 unspecified atom stereocenters. The van der Waals surface area contributed by atoms with Crippen LogP contribution in [-0.2, 0) is 4.79 Å². The quantitative estimate of drug-likeness (QED) is 0.733. The Morgan fingerprint density at radius 3 is 2.88 bits per heavy atom. The first-order valence-corrected chi connectivity index (χ1v) is 7.14. The van der Waals surface area contributed by atoms with Crippen LogP contribution in [0.4, 0.5) is 5.69 Å².